The van der Waals surface area contributed by atoms with Crippen LogP contribution in [0.3, 0.4) is 0 Å². The van der Waals surface area contributed by atoms with Gasteiger partial charge >= 0.3 is 5.97 Å². The Bertz CT molecular complexity index is 1260. The number of nitrogens with one attached hydrogen (secondary N) is 1. The lowest BCUT2D eigenvalue weighted by molar-refractivity contribution is -0.152. The molecule has 0 saturated heterocycles. The fourth-order valence-corrected chi connectivity index (χ4v) is 3.29. The highest BCUT2D eigenvalue weighted by Gasteiger charge is 2.30. The monoisotopic (exact) mass is 501 g/mol. The average Bonchev–Trinajstić information content (AvgIpc) is 2.80. The van der Waals surface area contributed by atoms with Gasteiger partial charge in [0, 0.05) is 12.1 Å². The molecule has 0 atom stereocenters. The van der Waals surface area contributed by atoms with E-state index in [1.807, 2.05) is 6.07 Å². The molecule has 2 N–H and O–H groups in total. The van der Waals surface area contributed by atoms with Gasteiger partial charge in [0.15, 0.2) is 5.60 Å². The molecule has 0 spiro atoms. The molecule has 0 fully saturated rings. The molecule has 3 aromatic carbocycles. The predicted molar refractivity (Wildman–Crippen MR) is 127 cm³/mol. The van der Waals surface area contributed by atoms with Gasteiger partial charge in [0.1, 0.15) is 23.1 Å². The van der Waals surface area contributed by atoms with Gasteiger partial charge in [-0.1, -0.05) is 18.2 Å². The number of amides is 1. The molecule has 6 nitrogen and oxygen atoms in total. The maximum Gasteiger partial charge on any atom is 0.347 e. The molecule has 0 bridgehead atoms. The van der Waals surface area contributed by atoms with Crippen LogP contribution in [0.15, 0.2) is 60.7 Å². The van der Waals surface area contributed by atoms with Crippen LogP contribution in [-0.2, 0) is 11.2 Å². The zero-order chi connectivity index (χ0) is 26.5. The van der Waals surface area contributed by atoms with Gasteiger partial charge in [-0.15, -0.1) is 0 Å². The Morgan fingerprint density at radius 1 is 1.03 bits per heavy atom. The zero-order valence-electron chi connectivity index (χ0n) is 20.0. The van der Waals surface area contributed by atoms with Crippen molar-refractivity contribution in [2.75, 3.05) is 6.54 Å². The molecule has 9 heteroatoms. The first kappa shape index (κ1) is 26.6. The van der Waals surface area contributed by atoms with Crippen molar-refractivity contribution >= 4 is 11.9 Å². The SMILES string of the molecule is Cc1cc(Oc2cccc(CCNC(=O)c3ccc(C(F)F)cc3F)c2)ccc1OC(C)(C)C(=O)O. The number of alkyl halides is 2. The van der Waals surface area contributed by atoms with E-state index >= 15 is 0 Å². The molecule has 0 aliphatic rings. The summed E-state index contributed by atoms with van der Waals surface area (Å²) in [5, 5.41) is 11.8. The normalized spacial score (nSPS) is 11.3. The first-order valence-corrected chi connectivity index (χ1v) is 11.1. The Balaban J connectivity index is 1.59. The number of hydrogen-bond acceptors (Lipinski definition) is 4. The Kier molecular flexibility index (Phi) is 8.24. The molecule has 36 heavy (non-hydrogen) atoms. The molecule has 3 rings (SSSR count). The molecule has 0 aliphatic heterocycles. The predicted octanol–water partition coefficient (Wildman–Crippen LogP) is 6.08. The number of benzene rings is 3. The highest BCUT2D eigenvalue weighted by Crippen LogP contribution is 2.30. The van der Waals surface area contributed by atoms with Crippen LogP contribution in [0.4, 0.5) is 13.2 Å². The topological polar surface area (TPSA) is 84.9 Å². The summed E-state index contributed by atoms with van der Waals surface area (Å²) in [4.78, 5) is 23.5. The third-order valence-corrected chi connectivity index (χ3v) is 5.35. The molecule has 190 valence electrons. The van der Waals surface area contributed by atoms with Gasteiger partial charge < -0.3 is 19.9 Å². The number of halogens is 3. The van der Waals surface area contributed by atoms with Crippen molar-refractivity contribution < 1.29 is 37.3 Å². The van der Waals surface area contributed by atoms with Crippen LogP contribution in [-0.4, -0.2) is 29.1 Å². The summed E-state index contributed by atoms with van der Waals surface area (Å²) in [5.41, 5.74) is -0.609. The van der Waals surface area contributed by atoms with Crippen LogP contribution in [0, 0.1) is 12.7 Å². The number of carboxylic acid groups (broad SMARTS) is 1. The summed E-state index contributed by atoms with van der Waals surface area (Å²) >= 11 is 0. The Morgan fingerprint density at radius 3 is 2.39 bits per heavy atom. The van der Waals surface area contributed by atoms with Gasteiger partial charge in [0.05, 0.1) is 5.56 Å². The molecule has 0 saturated carbocycles. The number of rotatable bonds is 10. The zero-order valence-corrected chi connectivity index (χ0v) is 20.0. The van der Waals surface area contributed by atoms with Gasteiger partial charge in [-0.05, 0) is 80.8 Å². The van der Waals surface area contributed by atoms with E-state index in [1.165, 1.54) is 13.8 Å². The molecule has 0 heterocycles. The summed E-state index contributed by atoms with van der Waals surface area (Å²) in [6.07, 6.45) is -2.39. The molecule has 1 amide bonds. The lowest BCUT2D eigenvalue weighted by atomic mass is 10.1. The standard InChI is InChI=1S/C27H26F3NO5/c1-16-13-20(8-10-23(16)36-27(2,3)26(33)34)35-19-6-4-5-17(14-19)11-12-31-25(32)21-9-7-18(24(29)30)15-22(21)28/h4-10,13-15,24H,11-12H2,1-3H3,(H,31,32)(H,33,34). The second kappa shape index (κ2) is 11.2. The van der Waals surface area contributed by atoms with E-state index in [1.54, 1.807) is 43.3 Å². The Labute approximate surface area is 206 Å². The molecular formula is C27H26F3NO5. The third kappa shape index (κ3) is 6.78. The highest BCUT2D eigenvalue weighted by atomic mass is 19.3. The molecule has 0 aromatic heterocycles. The summed E-state index contributed by atoms with van der Waals surface area (Å²) < 4.78 is 50.8. The van der Waals surface area contributed by atoms with Crippen LogP contribution in [0.2, 0.25) is 0 Å². The largest absolute Gasteiger partial charge is 0.478 e. The van der Waals surface area contributed by atoms with Crippen LogP contribution in [0.25, 0.3) is 0 Å². The minimum absolute atomic E-state index is 0.197. The van der Waals surface area contributed by atoms with E-state index in [9.17, 15) is 27.9 Å². The van der Waals surface area contributed by atoms with Crippen LogP contribution in [0.1, 0.15) is 47.3 Å². The fourth-order valence-electron chi connectivity index (χ4n) is 3.29. The molecule has 0 aliphatic carbocycles. The molecule has 0 radical (unpaired) electrons. The van der Waals surface area contributed by atoms with E-state index in [0.717, 1.165) is 17.7 Å². The van der Waals surface area contributed by atoms with Crippen LogP contribution < -0.4 is 14.8 Å². The molecule has 0 unspecified atom stereocenters. The maximum absolute atomic E-state index is 14.0. The van der Waals surface area contributed by atoms with Crippen molar-refractivity contribution in [1.82, 2.24) is 5.32 Å². The number of hydrogen-bond donors (Lipinski definition) is 2. The van der Waals surface area contributed by atoms with Crippen molar-refractivity contribution in [3.8, 4) is 17.2 Å². The number of carboxylic acids is 1. The number of ether oxygens (including phenoxy) is 2. The van der Waals surface area contributed by atoms with E-state index in [-0.39, 0.29) is 12.1 Å². The average molecular weight is 502 g/mol. The molecule has 3 aromatic rings. The van der Waals surface area contributed by atoms with Crippen molar-refractivity contribution in [1.29, 1.82) is 0 Å². The minimum Gasteiger partial charge on any atom is -0.478 e. The van der Waals surface area contributed by atoms with Gasteiger partial charge in [0.2, 0.25) is 0 Å². The van der Waals surface area contributed by atoms with Crippen molar-refractivity contribution in [3.05, 3.63) is 88.7 Å². The van der Waals surface area contributed by atoms with Gasteiger partial charge in [0.25, 0.3) is 12.3 Å². The highest BCUT2D eigenvalue weighted by molar-refractivity contribution is 5.94. The first-order chi connectivity index (χ1) is 17.0. The van der Waals surface area contributed by atoms with Gasteiger partial charge in [-0.25, -0.2) is 18.0 Å². The lowest BCUT2D eigenvalue weighted by Gasteiger charge is -2.23. The van der Waals surface area contributed by atoms with Crippen LogP contribution >= 0.6 is 0 Å². The van der Waals surface area contributed by atoms with Gasteiger partial charge in [-0.3, -0.25) is 4.79 Å². The smallest absolute Gasteiger partial charge is 0.347 e. The minimum atomic E-state index is -2.81. The number of aryl methyl sites for hydroxylation is 1. The summed E-state index contributed by atoms with van der Waals surface area (Å²) in [6, 6.07) is 14.9. The van der Waals surface area contributed by atoms with Crippen molar-refractivity contribution in [2.24, 2.45) is 0 Å². The summed E-state index contributed by atoms with van der Waals surface area (Å²) in [7, 11) is 0. The number of carbonyl (C=O) groups excluding carboxylic acids is 1. The van der Waals surface area contributed by atoms with E-state index in [0.29, 0.717) is 35.3 Å². The summed E-state index contributed by atoms with van der Waals surface area (Å²) in [5.74, 6) is -1.26. The van der Waals surface area contributed by atoms with E-state index < -0.39 is 35.3 Å². The van der Waals surface area contributed by atoms with Gasteiger partial charge in [-0.2, -0.15) is 0 Å². The number of carbonyl (C=O) groups is 2. The van der Waals surface area contributed by atoms with E-state index in [4.69, 9.17) is 9.47 Å². The second-order valence-electron chi connectivity index (χ2n) is 8.64. The quantitative estimate of drug-likeness (QED) is 0.352. The maximum atomic E-state index is 14.0. The Morgan fingerprint density at radius 2 is 1.75 bits per heavy atom. The molecular weight excluding hydrogens is 475 g/mol. The van der Waals surface area contributed by atoms with E-state index in [2.05, 4.69) is 5.32 Å². The second-order valence-corrected chi connectivity index (χ2v) is 8.64. The lowest BCUT2D eigenvalue weighted by Crippen LogP contribution is -2.38. The van der Waals surface area contributed by atoms with Crippen molar-refractivity contribution in [3.63, 3.8) is 0 Å². The first-order valence-electron chi connectivity index (χ1n) is 11.1. The summed E-state index contributed by atoms with van der Waals surface area (Å²) in [6.45, 7) is 4.91. The number of aliphatic carboxylic acids is 1. The van der Waals surface area contributed by atoms with Crippen molar-refractivity contribution in [2.45, 2.75) is 39.2 Å². The van der Waals surface area contributed by atoms with Crippen LogP contribution in [0.5, 0.6) is 17.2 Å². The Hall–Kier alpha value is -4.01. The third-order valence-electron chi connectivity index (χ3n) is 5.35. The fraction of sp³-hybridized carbons (Fsp3) is 0.259.